The molecule has 0 radical (unpaired) electrons. The van der Waals surface area contributed by atoms with E-state index in [0.29, 0.717) is 17.1 Å². The molecule has 0 aromatic carbocycles. The third-order valence-electron chi connectivity index (χ3n) is 3.89. The first-order chi connectivity index (χ1) is 11.9. The van der Waals surface area contributed by atoms with E-state index in [9.17, 15) is 9.59 Å². The number of pyridine rings is 1. The third-order valence-corrected chi connectivity index (χ3v) is 3.89. The van der Waals surface area contributed by atoms with Crippen LogP contribution >= 0.6 is 0 Å². The lowest BCUT2D eigenvalue weighted by atomic mass is 10.3. The molecule has 0 aliphatic carbocycles. The van der Waals surface area contributed by atoms with Crippen molar-refractivity contribution in [2.75, 3.05) is 5.43 Å². The standard InChI is InChI=1S/C16H19N7O2/c1-10(2)23-12-13(21(3)16(25)22(4)14(12)24)19-15(23)20-18-9-11-5-7-17-8-6-11/h5-10H,1-4H3,(H,19,20)/b18-9+. The first-order valence-corrected chi connectivity index (χ1v) is 7.79. The number of fused-ring (bicyclic) bond motifs is 1. The van der Waals surface area contributed by atoms with Crippen LogP contribution in [-0.4, -0.2) is 29.9 Å². The highest BCUT2D eigenvalue weighted by Gasteiger charge is 2.20. The van der Waals surface area contributed by atoms with Gasteiger partial charge >= 0.3 is 5.69 Å². The van der Waals surface area contributed by atoms with E-state index >= 15 is 0 Å². The Morgan fingerprint density at radius 3 is 2.48 bits per heavy atom. The van der Waals surface area contributed by atoms with Crippen LogP contribution < -0.4 is 16.7 Å². The Balaban J connectivity index is 2.12. The fourth-order valence-corrected chi connectivity index (χ4v) is 2.61. The lowest BCUT2D eigenvalue weighted by Crippen LogP contribution is -2.37. The highest BCUT2D eigenvalue weighted by Crippen LogP contribution is 2.20. The molecule has 1 N–H and O–H groups in total. The molecule has 3 aromatic heterocycles. The second kappa shape index (κ2) is 6.34. The molecule has 3 heterocycles. The van der Waals surface area contributed by atoms with Gasteiger partial charge in [0.15, 0.2) is 11.2 Å². The smallest absolute Gasteiger partial charge is 0.300 e. The van der Waals surface area contributed by atoms with Crippen molar-refractivity contribution in [1.29, 1.82) is 0 Å². The second-order valence-corrected chi connectivity index (χ2v) is 5.93. The van der Waals surface area contributed by atoms with Crippen LogP contribution in [0.5, 0.6) is 0 Å². The van der Waals surface area contributed by atoms with Gasteiger partial charge in [-0.15, -0.1) is 0 Å². The maximum absolute atomic E-state index is 12.6. The van der Waals surface area contributed by atoms with Gasteiger partial charge in [0.1, 0.15) is 0 Å². The molecule has 9 nitrogen and oxygen atoms in total. The number of nitrogens with one attached hydrogen (secondary N) is 1. The first-order valence-electron chi connectivity index (χ1n) is 7.79. The van der Waals surface area contributed by atoms with Gasteiger partial charge in [-0.3, -0.25) is 18.9 Å². The number of rotatable bonds is 4. The molecule has 25 heavy (non-hydrogen) atoms. The highest BCUT2D eigenvalue weighted by molar-refractivity contribution is 5.80. The predicted molar refractivity (Wildman–Crippen MR) is 96.1 cm³/mol. The van der Waals surface area contributed by atoms with Gasteiger partial charge < -0.3 is 4.57 Å². The fraction of sp³-hybridized carbons (Fsp3) is 0.312. The number of aromatic nitrogens is 5. The van der Waals surface area contributed by atoms with Crippen LogP contribution in [0, 0.1) is 0 Å². The molecule has 0 saturated heterocycles. The Bertz CT molecular complexity index is 1060. The lowest BCUT2D eigenvalue weighted by molar-refractivity contribution is 0.615. The quantitative estimate of drug-likeness (QED) is 0.560. The number of hydrogen-bond donors (Lipinski definition) is 1. The van der Waals surface area contributed by atoms with E-state index in [4.69, 9.17) is 0 Å². The van der Waals surface area contributed by atoms with Crippen LogP contribution in [0.2, 0.25) is 0 Å². The summed E-state index contributed by atoms with van der Waals surface area (Å²) in [5, 5.41) is 4.17. The highest BCUT2D eigenvalue weighted by atomic mass is 16.2. The molecule has 0 saturated carbocycles. The van der Waals surface area contributed by atoms with Crippen LogP contribution in [-0.2, 0) is 14.1 Å². The Morgan fingerprint density at radius 2 is 1.84 bits per heavy atom. The molecule has 3 aromatic rings. The molecule has 3 rings (SSSR count). The summed E-state index contributed by atoms with van der Waals surface area (Å²) in [5.74, 6) is 0.397. The second-order valence-electron chi connectivity index (χ2n) is 5.93. The summed E-state index contributed by atoms with van der Waals surface area (Å²) in [5.41, 5.74) is 3.62. The Morgan fingerprint density at radius 1 is 1.16 bits per heavy atom. The van der Waals surface area contributed by atoms with E-state index in [-0.39, 0.29) is 11.6 Å². The summed E-state index contributed by atoms with van der Waals surface area (Å²) >= 11 is 0. The van der Waals surface area contributed by atoms with Crippen molar-refractivity contribution in [2.45, 2.75) is 19.9 Å². The van der Waals surface area contributed by atoms with Gasteiger partial charge in [0.05, 0.1) is 6.21 Å². The normalized spacial score (nSPS) is 11.7. The van der Waals surface area contributed by atoms with Crippen LogP contribution in [0.25, 0.3) is 11.2 Å². The van der Waals surface area contributed by atoms with Gasteiger partial charge in [-0.05, 0) is 31.5 Å². The Labute approximate surface area is 143 Å². The van der Waals surface area contributed by atoms with E-state index in [1.165, 1.54) is 11.6 Å². The van der Waals surface area contributed by atoms with Gasteiger partial charge in [-0.1, -0.05) is 0 Å². The van der Waals surface area contributed by atoms with Gasteiger partial charge in [0.2, 0.25) is 5.95 Å². The topological polar surface area (TPSA) is 99.1 Å². The zero-order chi connectivity index (χ0) is 18.1. The van der Waals surface area contributed by atoms with Gasteiger partial charge in [0.25, 0.3) is 5.56 Å². The summed E-state index contributed by atoms with van der Waals surface area (Å²) in [6.45, 7) is 3.87. The molecule has 0 aliphatic rings. The third kappa shape index (κ3) is 2.84. The minimum Gasteiger partial charge on any atom is -0.300 e. The summed E-state index contributed by atoms with van der Waals surface area (Å²) in [6, 6.07) is 3.58. The zero-order valence-electron chi connectivity index (χ0n) is 14.5. The van der Waals surface area contributed by atoms with Crippen LogP contribution in [0.3, 0.4) is 0 Å². The SMILES string of the molecule is CC(C)n1c(N/N=C/c2ccncc2)nc2c1c(=O)n(C)c(=O)n2C. The zero-order valence-corrected chi connectivity index (χ0v) is 14.5. The molecular weight excluding hydrogens is 322 g/mol. The van der Waals surface area contributed by atoms with Crippen molar-refractivity contribution in [3.8, 4) is 0 Å². The molecule has 0 amide bonds. The minimum atomic E-state index is -0.419. The van der Waals surface area contributed by atoms with E-state index in [1.807, 2.05) is 26.0 Å². The van der Waals surface area contributed by atoms with E-state index in [1.54, 1.807) is 30.2 Å². The van der Waals surface area contributed by atoms with Gasteiger partial charge in [0, 0.05) is 32.5 Å². The maximum Gasteiger partial charge on any atom is 0.332 e. The minimum absolute atomic E-state index is 0.0474. The molecule has 130 valence electrons. The van der Waals surface area contributed by atoms with Crippen LogP contribution in [0.15, 0.2) is 39.2 Å². The van der Waals surface area contributed by atoms with Crippen LogP contribution in [0.4, 0.5) is 5.95 Å². The fourth-order valence-electron chi connectivity index (χ4n) is 2.61. The molecule has 0 bridgehead atoms. The lowest BCUT2D eigenvalue weighted by Gasteiger charge is -2.12. The van der Waals surface area contributed by atoms with Crippen LogP contribution in [0.1, 0.15) is 25.5 Å². The first kappa shape index (κ1) is 16.6. The maximum atomic E-state index is 12.6. The number of hydrazone groups is 1. The van der Waals surface area contributed by atoms with E-state index in [2.05, 4.69) is 20.5 Å². The number of aryl methyl sites for hydroxylation is 1. The van der Waals surface area contributed by atoms with Crippen molar-refractivity contribution >= 4 is 23.3 Å². The van der Waals surface area contributed by atoms with Crippen molar-refractivity contribution < 1.29 is 0 Å². The van der Waals surface area contributed by atoms with Crippen molar-refractivity contribution in [3.63, 3.8) is 0 Å². The summed E-state index contributed by atoms with van der Waals surface area (Å²) < 4.78 is 4.17. The average Bonchev–Trinajstić information content (AvgIpc) is 2.99. The summed E-state index contributed by atoms with van der Waals surface area (Å²) in [7, 11) is 3.04. The predicted octanol–water partition coefficient (Wildman–Crippen LogP) is 0.856. The molecule has 0 unspecified atom stereocenters. The van der Waals surface area contributed by atoms with Crippen molar-refractivity contribution in [3.05, 3.63) is 50.9 Å². The number of anilines is 1. The van der Waals surface area contributed by atoms with E-state index < -0.39 is 5.69 Å². The van der Waals surface area contributed by atoms with Gasteiger partial charge in [-0.25, -0.2) is 10.2 Å². The number of nitrogens with zero attached hydrogens (tertiary/aromatic N) is 6. The number of imidazole rings is 1. The monoisotopic (exact) mass is 341 g/mol. The van der Waals surface area contributed by atoms with E-state index in [0.717, 1.165) is 10.1 Å². The van der Waals surface area contributed by atoms with Crippen molar-refractivity contribution in [2.24, 2.45) is 19.2 Å². The Kier molecular flexibility index (Phi) is 4.22. The summed E-state index contributed by atoms with van der Waals surface area (Å²) in [4.78, 5) is 33.0. The molecule has 0 fully saturated rings. The molecule has 0 aliphatic heterocycles. The average molecular weight is 341 g/mol. The largest absolute Gasteiger partial charge is 0.332 e. The molecule has 9 heteroatoms. The van der Waals surface area contributed by atoms with Gasteiger partial charge in [-0.2, -0.15) is 10.1 Å². The van der Waals surface area contributed by atoms with Crippen molar-refractivity contribution in [1.82, 2.24) is 23.7 Å². The molecular formula is C16H19N7O2. The molecule has 0 spiro atoms. The Hall–Kier alpha value is -3.23. The number of hydrogen-bond acceptors (Lipinski definition) is 6. The molecule has 0 atom stereocenters. The summed E-state index contributed by atoms with van der Waals surface area (Å²) in [6.07, 6.45) is 4.97.